The molecule has 3 aromatic rings. The minimum Gasteiger partial charge on any atom is -0.497 e. The first kappa shape index (κ1) is 33.5. The molecule has 2 heterocycles. The molecule has 2 aromatic carbocycles. The Kier molecular flexibility index (Phi) is 12.3. The predicted molar refractivity (Wildman–Crippen MR) is 168 cm³/mol. The van der Waals surface area contributed by atoms with Gasteiger partial charge in [-0.3, -0.25) is 4.98 Å². The molecule has 0 aliphatic carbocycles. The molecule has 7 nitrogen and oxygen atoms in total. The fourth-order valence-electron chi connectivity index (χ4n) is 4.57. The number of hydrogen-bond acceptors (Lipinski definition) is 8. The van der Waals surface area contributed by atoms with Crippen LogP contribution in [0.4, 0.5) is 8.78 Å². The molecule has 11 heteroatoms. The summed E-state index contributed by atoms with van der Waals surface area (Å²) in [5.74, 6) is 2.54. The highest BCUT2D eigenvalue weighted by Crippen LogP contribution is 2.43. The number of nitrogens with zero attached hydrogens (tertiary/aromatic N) is 3. The van der Waals surface area contributed by atoms with Crippen LogP contribution in [0.15, 0.2) is 64.2 Å². The van der Waals surface area contributed by atoms with Gasteiger partial charge in [0.25, 0.3) is 6.43 Å². The third-order valence-electron chi connectivity index (χ3n) is 6.73. The third kappa shape index (κ3) is 8.06. The molecule has 228 valence electrons. The first-order valence-corrected chi connectivity index (χ1v) is 15.2. The first-order chi connectivity index (χ1) is 20.2. The Morgan fingerprint density at radius 1 is 0.905 bits per heavy atom. The molecule has 42 heavy (non-hydrogen) atoms. The number of aliphatic imine (C=N–C) groups is 1. The number of hydrogen-bond donors (Lipinski definition) is 0. The fourth-order valence-corrected chi connectivity index (χ4v) is 6.22. The van der Waals surface area contributed by atoms with E-state index in [9.17, 15) is 8.78 Å². The van der Waals surface area contributed by atoms with Gasteiger partial charge >= 0.3 is 0 Å². The summed E-state index contributed by atoms with van der Waals surface area (Å²) in [5, 5.41) is -0.493. The minimum absolute atomic E-state index is 0.147. The van der Waals surface area contributed by atoms with Gasteiger partial charge in [-0.15, -0.1) is 0 Å². The Balaban J connectivity index is 0.00000237. The molecular weight excluding hydrogens is 628 g/mol. The topological polar surface area (TPSA) is 65.4 Å². The second-order valence-corrected chi connectivity index (χ2v) is 11.6. The van der Waals surface area contributed by atoms with Gasteiger partial charge in [-0.2, -0.15) is 0 Å². The predicted octanol–water partition coefficient (Wildman–Crippen LogP) is 7.95. The lowest BCUT2D eigenvalue weighted by Crippen LogP contribution is -2.40. The monoisotopic (exact) mass is 665 g/mol. The van der Waals surface area contributed by atoms with E-state index in [4.69, 9.17) is 23.9 Å². The molecule has 1 unspecified atom stereocenters. The second-order valence-electron chi connectivity index (χ2n) is 9.43. The van der Waals surface area contributed by atoms with Crippen molar-refractivity contribution in [1.82, 2.24) is 9.88 Å². The molecule has 1 aliphatic heterocycles. The van der Waals surface area contributed by atoms with Crippen molar-refractivity contribution in [3.05, 3.63) is 76.0 Å². The van der Waals surface area contributed by atoms with Crippen LogP contribution in [0, 0.1) is 0 Å². The van der Waals surface area contributed by atoms with Gasteiger partial charge in [0, 0.05) is 47.0 Å². The Labute approximate surface area is 259 Å². The van der Waals surface area contributed by atoms with E-state index < -0.39 is 17.2 Å². The molecule has 0 saturated heterocycles. The van der Waals surface area contributed by atoms with Crippen molar-refractivity contribution in [1.29, 1.82) is 0 Å². The minimum atomic E-state index is -2.55. The Bertz CT molecular complexity index is 1310. The molecule has 0 amide bonds. The SMILES string of the molecule is CC.COc1ccc(CN(Cc2ccc(OC)cc2OC)C2=N[C@](C)(c3cc(Br)ccn3)CC(C(F)F)S2)c(OC)c1. The lowest BCUT2D eigenvalue weighted by Gasteiger charge is -2.38. The van der Waals surface area contributed by atoms with Crippen LogP contribution in [-0.2, 0) is 18.6 Å². The van der Waals surface area contributed by atoms with Crippen molar-refractivity contribution in [2.24, 2.45) is 4.99 Å². The molecule has 0 fully saturated rings. The number of aromatic nitrogens is 1. The highest BCUT2D eigenvalue weighted by atomic mass is 79.9. The summed E-state index contributed by atoms with van der Waals surface area (Å²) < 4.78 is 51.6. The number of halogens is 3. The van der Waals surface area contributed by atoms with Crippen LogP contribution in [0.5, 0.6) is 23.0 Å². The summed E-state index contributed by atoms with van der Waals surface area (Å²) in [4.78, 5) is 11.6. The number of methoxy groups -OCH3 is 4. The van der Waals surface area contributed by atoms with E-state index in [0.29, 0.717) is 46.9 Å². The highest BCUT2D eigenvalue weighted by Gasteiger charge is 2.41. The molecule has 2 atom stereocenters. The number of pyridine rings is 1. The van der Waals surface area contributed by atoms with Crippen molar-refractivity contribution in [3.63, 3.8) is 0 Å². The van der Waals surface area contributed by atoms with Gasteiger partial charge in [-0.05, 0) is 49.7 Å². The van der Waals surface area contributed by atoms with Gasteiger partial charge in [0.15, 0.2) is 5.17 Å². The standard InChI is InChI=1S/C29H32BrF2N3O4S.C2H6/c1-29(26-12-20(30)10-11-33-26)15-25(27(31)32)40-28(34-29)35(16-18-6-8-21(36-2)13-23(18)38-4)17-19-7-9-22(37-3)14-24(19)39-5;1-2/h6-14,25,27H,15-17H2,1-5H3;1-2H3/t25?,29-;/m0./s1. The molecule has 0 N–H and O–H groups in total. The van der Waals surface area contributed by atoms with Crippen molar-refractivity contribution in [2.75, 3.05) is 28.4 Å². The first-order valence-electron chi connectivity index (χ1n) is 13.5. The molecular formula is C31H38BrF2N3O4S. The van der Waals surface area contributed by atoms with Crippen LogP contribution in [0.3, 0.4) is 0 Å². The van der Waals surface area contributed by atoms with E-state index >= 15 is 0 Å². The Hall–Kier alpha value is -3.05. The van der Waals surface area contributed by atoms with Crippen molar-refractivity contribution in [3.8, 4) is 23.0 Å². The average Bonchev–Trinajstić information content (AvgIpc) is 3.01. The van der Waals surface area contributed by atoms with Crippen molar-refractivity contribution in [2.45, 2.75) is 57.5 Å². The van der Waals surface area contributed by atoms with Gasteiger partial charge in [0.1, 0.15) is 28.5 Å². The van der Waals surface area contributed by atoms with E-state index in [1.165, 1.54) is 0 Å². The summed E-state index contributed by atoms with van der Waals surface area (Å²) >= 11 is 4.57. The zero-order valence-electron chi connectivity index (χ0n) is 25.0. The fraction of sp³-hybridized carbons (Fsp3) is 0.419. The summed E-state index contributed by atoms with van der Waals surface area (Å²) in [6.45, 7) is 6.54. The van der Waals surface area contributed by atoms with Crippen molar-refractivity contribution >= 4 is 32.9 Å². The molecule has 1 aliphatic rings. The number of ether oxygens (including phenoxy) is 4. The zero-order chi connectivity index (χ0) is 30.9. The van der Waals surface area contributed by atoms with Crippen LogP contribution in [-0.4, -0.2) is 55.2 Å². The Morgan fingerprint density at radius 2 is 1.45 bits per heavy atom. The van der Waals surface area contributed by atoms with Gasteiger partial charge < -0.3 is 23.8 Å². The maximum atomic E-state index is 14.4. The maximum Gasteiger partial charge on any atom is 0.250 e. The normalized spacial score (nSPS) is 18.0. The number of alkyl halides is 2. The van der Waals surface area contributed by atoms with Gasteiger partial charge in [0.2, 0.25) is 0 Å². The zero-order valence-corrected chi connectivity index (χ0v) is 27.4. The number of rotatable bonds is 10. The van der Waals surface area contributed by atoms with E-state index in [1.807, 2.05) is 56.0 Å². The third-order valence-corrected chi connectivity index (χ3v) is 8.46. The Morgan fingerprint density at radius 3 is 1.90 bits per heavy atom. The van der Waals surface area contributed by atoms with Crippen LogP contribution < -0.4 is 18.9 Å². The van der Waals surface area contributed by atoms with Crippen LogP contribution >= 0.6 is 27.7 Å². The molecule has 0 bridgehead atoms. The molecule has 4 rings (SSSR count). The summed E-state index contributed by atoms with van der Waals surface area (Å²) in [6.07, 6.45) is -0.746. The lowest BCUT2D eigenvalue weighted by molar-refractivity contribution is 0.131. The van der Waals surface area contributed by atoms with Gasteiger partial charge in [0.05, 0.1) is 39.4 Å². The molecule has 0 spiro atoms. The second kappa shape index (κ2) is 15.4. The largest absolute Gasteiger partial charge is 0.497 e. The van der Waals surface area contributed by atoms with E-state index in [-0.39, 0.29) is 6.42 Å². The summed E-state index contributed by atoms with van der Waals surface area (Å²) in [7, 11) is 6.35. The number of benzene rings is 2. The van der Waals surface area contributed by atoms with Crippen molar-refractivity contribution < 1.29 is 27.7 Å². The van der Waals surface area contributed by atoms with Gasteiger partial charge in [-0.25, -0.2) is 13.8 Å². The molecule has 1 aromatic heterocycles. The van der Waals surface area contributed by atoms with E-state index in [2.05, 4.69) is 20.9 Å². The average molecular weight is 667 g/mol. The van der Waals surface area contributed by atoms with E-state index in [1.54, 1.807) is 52.8 Å². The molecule has 0 radical (unpaired) electrons. The van der Waals surface area contributed by atoms with Crippen LogP contribution in [0.25, 0.3) is 0 Å². The number of amidine groups is 1. The molecule has 0 saturated carbocycles. The lowest BCUT2D eigenvalue weighted by atomic mass is 9.91. The number of thioether (sulfide) groups is 1. The maximum absolute atomic E-state index is 14.4. The summed E-state index contributed by atoms with van der Waals surface area (Å²) in [5.41, 5.74) is 1.35. The summed E-state index contributed by atoms with van der Waals surface area (Å²) in [6, 6.07) is 14.7. The van der Waals surface area contributed by atoms with Crippen LogP contribution in [0.1, 0.15) is 44.0 Å². The van der Waals surface area contributed by atoms with E-state index in [0.717, 1.165) is 27.4 Å². The quantitative estimate of drug-likeness (QED) is 0.218. The van der Waals surface area contributed by atoms with Gasteiger partial charge in [-0.1, -0.05) is 41.5 Å². The smallest absolute Gasteiger partial charge is 0.250 e. The van der Waals surface area contributed by atoms with Crippen LogP contribution in [0.2, 0.25) is 0 Å². The highest BCUT2D eigenvalue weighted by molar-refractivity contribution is 9.10.